The molecule has 2 heterocycles. The Morgan fingerprint density at radius 3 is 2.95 bits per heavy atom. The molecular weight excluding hydrogens is 252 g/mol. The van der Waals surface area contributed by atoms with E-state index in [0.717, 1.165) is 49.2 Å². The van der Waals surface area contributed by atoms with Gasteiger partial charge in [-0.1, -0.05) is 18.2 Å². The van der Waals surface area contributed by atoms with Gasteiger partial charge in [-0.2, -0.15) is 0 Å². The van der Waals surface area contributed by atoms with Gasteiger partial charge in [0.1, 0.15) is 0 Å². The Balaban J connectivity index is 2.18. The van der Waals surface area contributed by atoms with Gasteiger partial charge in [-0.3, -0.25) is 9.78 Å². The number of carbonyl (C=O) groups is 1. The predicted molar refractivity (Wildman–Crippen MR) is 80.0 cm³/mol. The number of aromatic nitrogens is 1. The van der Waals surface area contributed by atoms with E-state index in [9.17, 15) is 4.79 Å². The number of pyridine rings is 1. The van der Waals surface area contributed by atoms with Gasteiger partial charge in [0.2, 0.25) is 0 Å². The Hall–Kier alpha value is -2.14. The molecule has 5 heteroatoms. The topological polar surface area (TPSA) is 71.2 Å². The second kappa shape index (κ2) is 5.46. The van der Waals surface area contributed by atoms with E-state index >= 15 is 0 Å². The molecule has 0 saturated carbocycles. The molecule has 104 valence electrons. The van der Waals surface area contributed by atoms with Crippen LogP contribution in [0.3, 0.4) is 0 Å². The van der Waals surface area contributed by atoms with Crippen molar-refractivity contribution in [2.24, 2.45) is 5.73 Å². The van der Waals surface area contributed by atoms with E-state index in [1.165, 1.54) is 0 Å². The lowest BCUT2D eigenvalue weighted by atomic mass is 10.1. The van der Waals surface area contributed by atoms with E-state index < -0.39 is 5.91 Å². The molecule has 1 aromatic carbocycles. The molecule has 5 nitrogen and oxygen atoms in total. The van der Waals surface area contributed by atoms with Gasteiger partial charge in [0, 0.05) is 31.2 Å². The lowest BCUT2D eigenvalue weighted by Crippen LogP contribution is -2.30. The van der Waals surface area contributed by atoms with Gasteiger partial charge in [-0.25, -0.2) is 0 Å². The SMILES string of the molecule is NC(=O)c1cnc2ccccc2c1N1CCCNCC1. The zero-order valence-electron chi connectivity index (χ0n) is 11.3. The van der Waals surface area contributed by atoms with Gasteiger partial charge in [0.15, 0.2) is 0 Å². The minimum Gasteiger partial charge on any atom is -0.369 e. The van der Waals surface area contributed by atoms with Gasteiger partial charge in [0.05, 0.1) is 16.8 Å². The number of benzene rings is 1. The van der Waals surface area contributed by atoms with E-state index in [0.29, 0.717) is 5.56 Å². The summed E-state index contributed by atoms with van der Waals surface area (Å²) >= 11 is 0. The summed E-state index contributed by atoms with van der Waals surface area (Å²) in [5.41, 5.74) is 7.85. The lowest BCUT2D eigenvalue weighted by molar-refractivity contribution is 0.100. The number of hydrogen-bond donors (Lipinski definition) is 2. The first-order valence-corrected chi connectivity index (χ1v) is 6.90. The maximum absolute atomic E-state index is 11.7. The summed E-state index contributed by atoms with van der Waals surface area (Å²) in [7, 11) is 0. The van der Waals surface area contributed by atoms with Crippen molar-refractivity contribution in [1.29, 1.82) is 0 Å². The summed E-state index contributed by atoms with van der Waals surface area (Å²) in [5.74, 6) is -0.421. The van der Waals surface area contributed by atoms with Crippen molar-refractivity contribution >= 4 is 22.5 Å². The first-order valence-electron chi connectivity index (χ1n) is 6.90. The summed E-state index contributed by atoms with van der Waals surface area (Å²) < 4.78 is 0. The van der Waals surface area contributed by atoms with Gasteiger partial charge < -0.3 is 16.0 Å². The maximum atomic E-state index is 11.7. The van der Waals surface area contributed by atoms with E-state index in [2.05, 4.69) is 15.2 Å². The molecule has 0 spiro atoms. The smallest absolute Gasteiger partial charge is 0.252 e. The first kappa shape index (κ1) is 12.9. The molecule has 1 fully saturated rings. The quantitative estimate of drug-likeness (QED) is 0.858. The number of nitrogens with zero attached hydrogens (tertiary/aromatic N) is 2. The van der Waals surface area contributed by atoms with Crippen LogP contribution in [0.15, 0.2) is 30.5 Å². The molecule has 1 saturated heterocycles. The standard InChI is InChI=1S/C15H18N4O/c16-15(20)12-10-18-13-5-2-1-4-11(13)14(12)19-8-3-6-17-7-9-19/h1-2,4-5,10,17H,3,6-9H2,(H2,16,20). The van der Waals surface area contributed by atoms with Crippen LogP contribution in [0.4, 0.5) is 5.69 Å². The molecule has 0 atom stereocenters. The van der Waals surface area contributed by atoms with E-state index in [1.54, 1.807) is 6.20 Å². The lowest BCUT2D eigenvalue weighted by Gasteiger charge is -2.25. The molecule has 0 unspecified atom stereocenters. The van der Waals surface area contributed by atoms with Crippen molar-refractivity contribution in [2.75, 3.05) is 31.1 Å². The summed E-state index contributed by atoms with van der Waals surface area (Å²) in [6.45, 7) is 3.70. The first-order chi connectivity index (χ1) is 9.77. The van der Waals surface area contributed by atoms with E-state index in [1.807, 2.05) is 24.3 Å². The molecule has 1 aliphatic heterocycles. The molecule has 2 aromatic rings. The molecular formula is C15H18N4O. The number of primary amides is 1. The number of anilines is 1. The predicted octanol–water partition coefficient (Wildman–Crippen LogP) is 1.13. The van der Waals surface area contributed by atoms with Gasteiger partial charge in [-0.15, -0.1) is 0 Å². The molecule has 1 aliphatic rings. The third kappa shape index (κ3) is 2.32. The van der Waals surface area contributed by atoms with Crippen molar-refractivity contribution in [3.05, 3.63) is 36.0 Å². The summed E-state index contributed by atoms with van der Waals surface area (Å²) in [6, 6.07) is 7.88. The molecule has 1 aromatic heterocycles. The minimum absolute atomic E-state index is 0.421. The van der Waals surface area contributed by atoms with Crippen LogP contribution in [-0.2, 0) is 0 Å². The average molecular weight is 270 g/mol. The summed E-state index contributed by atoms with van der Waals surface area (Å²) in [5, 5.41) is 4.36. The fraction of sp³-hybridized carbons (Fsp3) is 0.333. The third-order valence-electron chi connectivity index (χ3n) is 3.67. The van der Waals surface area contributed by atoms with Crippen molar-refractivity contribution in [2.45, 2.75) is 6.42 Å². The molecule has 0 aliphatic carbocycles. The third-order valence-corrected chi connectivity index (χ3v) is 3.67. The van der Waals surface area contributed by atoms with Crippen LogP contribution in [0.2, 0.25) is 0 Å². The Labute approximate surface area is 117 Å². The molecule has 20 heavy (non-hydrogen) atoms. The van der Waals surface area contributed by atoms with Crippen LogP contribution in [0.25, 0.3) is 10.9 Å². The van der Waals surface area contributed by atoms with Crippen LogP contribution < -0.4 is 16.0 Å². The van der Waals surface area contributed by atoms with E-state index in [4.69, 9.17) is 5.73 Å². The molecule has 3 N–H and O–H groups in total. The number of amides is 1. The highest BCUT2D eigenvalue weighted by atomic mass is 16.1. The largest absolute Gasteiger partial charge is 0.369 e. The minimum atomic E-state index is -0.421. The summed E-state index contributed by atoms with van der Waals surface area (Å²) in [4.78, 5) is 18.3. The highest BCUT2D eigenvalue weighted by molar-refractivity contribution is 6.06. The number of carbonyl (C=O) groups excluding carboxylic acids is 1. The molecule has 1 amide bonds. The number of rotatable bonds is 2. The average Bonchev–Trinajstić information content (AvgIpc) is 2.74. The number of nitrogens with one attached hydrogen (secondary N) is 1. The fourth-order valence-corrected chi connectivity index (χ4v) is 2.72. The van der Waals surface area contributed by atoms with Crippen LogP contribution in [0.1, 0.15) is 16.8 Å². The second-order valence-electron chi connectivity index (χ2n) is 4.99. The number of nitrogens with two attached hydrogens (primary N) is 1. The van der Waals surface area contributed by atoms with Crippen LogP contribution in [0, 0.1) is 0 Å². The summed E-state index contributed by atoms with van der Waals surface area (Å²) in [6.07, 6.45) is 2.65. The number of hydrogen-bond acceptors (Lipinski definition) is 4. The molecule has 0 bridgehead atoms. The van der Waals surface area contributed by atoms with Crippen molar-refractivity contribution in [1.82, 2.24) is 10.3 Å². The monoisotopic (exact) mass is 270 g/mol. The van der Waals surface area contributed by atoms with Crippen LogP contribution >= 0.6 is 0 Å². The zero-order chi connectivity index (χ0) is 13.9. The van der Waals surface area contributed by atoms with Crippen molar-refractivity contribution < 1.29 is 4.79 Å². The number of fused-ring (bicyclic) bond motifs is 1. The highest BCUT2D eigenvalue weighted by Gasteiger charge is 2.19. The highest BCUT2D eigenvalue weighted by Crippen LogP contribution is 2.29. The Morgan fingerprint density at radius 1 is 1.25 bits per heavy atom. The Kier molecular flexibility index (Phi) is 3.52. The normalized spacial score (nSPS) is 16.1. The van der Waals surface area contributed by atoms with Crippen molar-refractivity contribution in [3.63, 3.8) is 0 Å². The van der Waals surface area contributed by atoms with Gasteiger partial charge in [-0.05, 0) is 19.0 Å². The number of para-hydroxylation sites is 1. The van der Waals surface area contributed by atoms with Gasteiger partial charge in [0.25, 0.3) is 5.91 Å². The Morgan fingerprint density at radius 2 is 2.10 bits per heavy atom. The van der Waals surface area contributed by atoms with Crippen LogP contribution in [-0.4, -0.2) is 37.1 Å². The van der Waals surface area contributed by atoms with Crippen LogP contribution in [0.5, 0.6) is 0 Å². The maximum Gasteiger partial charge on any atom is 0.252 e. The molecule has 3 rings (SSSR count). The molecule has 0 radical (unpaired) electrons. The van der Waals surface area contributed by atoms with Crippen molar-refractivity contribution in [3.8, 4) is 0 Å². The van der Waals surface area contributed by atoms with Gasteiger partial charge >= 0.3 is 0 Å². The zero-order valence-corrected chi connectivity index (χ0v) is 11.3. The fourth-order valence-electron chi connectivity index (χ4n) is 2.72. The van der Waals surface area contributed by atoms with E-state index in [-0.39, 0.29) is 0 Å². The Bertz CT molecular complexity index is 633. The second-order valence-corrected chi connectivity index (χ2v) is 4.99.